The van der Waals surface area contributed by atoms with Gasteiger partial charge in [0.15, 0.2) is 5.65 Å². The molecule has 1 fully saturated rings. The Hall–Kier alpha value is -2.73. The molecule has 1 atom stereocenters. The van der Waals surface area contributed by atoms with Crippen LogP contribution in [-0.4, -0.2) is 40.1 Å². The van der Waals surface area contributed by atoms with Gasteiger partial charge in [0.05, 0.1) is 28.4 Å². The van der Waals surface area contributed by atoms with Crippen LogP contribution in [0.3, 0.4) is 0 Å². The Morgan fingerprint density at radius 3 is 2.85 bits per heavy atom. The summed E-state index contributed by atoms with van der Waals surface area (Å²) < 4.78 is 13.0. The summed E-state index contributed by atoms with van der Waals surface area (Å²) >= 11 is 0. The molecule has 6 nitrogen and oxygen atoms in total. The van der Waals surface area contributed by atoms with Crippen LogP contribution in [0.2, 0.25) is 0 Å². The van der Waals surface area contributed by atoms with E-state index in [2.05, 4.69) is 5.10 Å². The molecule has 0 radical (unpaired) electrons. The number of nitrogens with zero attached hydrogens (tertiary/aromatic N) is 3. The minimum Gasteiger partial charge on any atom is -0.459 e. The summed E-state index contributed by atoms with van der Waals surface area (Å²) in [6, 6.07) is 11.6. The minimum atomic E-state index is -0.357. The van der Waals surface area contributed by atoms with E-state index in [1.807, 2.05) is 44.3 Å². The van der Waals surface area contributed by atoms with Gasteiger partial charge in [0.1, 0.15) is 6.61 Å². The molecular formula is C21H23N3O3. The van der Waals surface area contributed by atoms with Crippen molar-refractivity contribution in [3.05, 3.63) is 47.7 Å². The van der Waals surface area contributed by atoms with Crippen LogP contribution < -0.4 is 0 Å². The Labute approximate surface area is 158 Å². The van der Waals surface area contributed by atoms with Crippen molar-refractivity contribution in [2.24, 2.45) is 7.05 Å². The largest absolute Gasteiger partial charge is 0.459 e. The van der Waals surface area contributed by atoms with Crippen LogP contribution >= 0.6 is 0 Å². The molecule has 0 N–H and O–H groups in total. The van der Waals surface area contributed by atoms with Crippen LogP contribution in [0, 0.1) is 6.92 Å². The maximum Gasteiger partial charge on any atom is 0.339 e. The standard InChI is InChI=1S/C21H23N3O3/c1-14-19-17(21(25)27-13-16-10-6-7-11-26-16)12-18(15-8-4-3-5-9-15)22-20(19)24(2)23-14/h3-5,8-9,12,16H,6-7,10-11,13H2,1-2H3. The molecule has 0 saturated carbocycles. The van der Waals surface area contributed by atoms with E-state index < -0.39 is 0 Å². The fraction of sp³-hybridized carbons (Fsp3) is 0.381. The van der Waals surface area contributed by atoms with E-state index in [4.69, 9.17) is 14.5 Å². The van der Waals surface area contributed by atoms with Crippen molar-refractivity contribution in [1.29, 1.82) is 0 Å². The van der Waals surface area contributed by atoms with E-state index >= 15 is 0 Å². The predicted octanol–water partition coefficient (Wildman–Crippen LogP) is 3.67. The topological polar surface area (TPSA) is 66.2 Å². The number of hydrogen-bond donors (Lipinski definition) is 0. The molecule has 4 rings (SSSR count). The lowest BCUT2D eigenvalue weighted by atomic mass is 10.1. The Balaban J connectivity index is 1.70. The van der Waals surface area contributed by atoms with Gasteiger partial charge in [-0.2, -0.15) is 5.10 Å². The van der Waals surface area contributed by atoms with Gasteiger partial charge in [-0.05, 0) is 32.3 Å². The first-order valence-electron chi connectivity index (χ1n) is 9.32. The van der Waals surface area contributed by atoms with Gasteiger partial charge < -0.3 is 9.47 Å². The Morgan fingerprint density at radius 1 is 1.30 bits per heavy atom. The second kappa shape index (κ2) is 7.48. The summed E-state index contributed by atoms with van der Waals surface area (Å²) in [4.78, 5) is 17.6. The highest BCUT2D eigenvalue weighted by Gasteiger charge is 2.22. The fourth-order valence-electron chi connectivity index (χ4n) is 3.55. The zero-order chi connectivity index (χ0) is 18.8. The third-order valence-corrected chi connectivity index (χ3v) is 4.93. The number of ether oxygens (including phenoxy) is 2. The second-order valence-electron chi connectivity index (χ2n) is 6.92. The van der Waals surface area contributed by atoms with E-state index in [-0.39, 0.29) is 18.7 Å². The van der Waals surface area contributed by atoms with Crippen LogP contribution in [0.4, 0.5) is 0 Å². The molecule has 6 heteroatoms. The molecule has 1 saturated heterocycles. The number of rotatable bonds is 4. The van der Waals surface area contributed by atoms with E-state index in [0.717, 1.165) is 48.2 Å². The molecule has 0 spiro atoms. The molecule has 0 amide bonds. The van der Waals surface area contributed by atoms with Crippen molar-refractivity contribution in [3.63, 3.8) is 0 Å². The van der Waals surface area contributed by atoms with E-state index in [1.54, 1.807) is 10.7 Å². The maximum absolute atomic E-state index is 12.9. The zero-order valence-corrected chi connectivity index (χ0v) is 15.6. The number of fused-ring (bicyclic) bond motifs is 1. The van der Waals surface area contributed by atoms with Crippen LogP contribution in [0.25, 0.3) is 22.3 Å². The SMILES string of the molecule is Cc1nn(C)c2nc(-c3ccccc3)cc(C(=O)OCC3CCCCO3)c12. The molecule has 1 unspecified atom stereocenters. The van der Waals surface area contributed by atoms with Crippen molar-refractivity contribution in [3.8, 4) is 11.3 Å². The number of aryl methyl sites for hydroxylation is 2. The number of carbonyl (C=O) groups is 1. The summed E-state index contributed by atoms with van der Waals surface area (Å²) in [6.07, 6.45) is 3.11. The smallest absolute Gasteiger partial charge is 0.339 e. The average Bonchev–Trinajstić information content (AvgIpc) is 3.00. The Kier molecular flexibility index (Phi) is 4.90. The summed E-state index contributed by atoms with van der Waals surface area (Å²) in [7, 11) is 1.84. The van der Waals surface area contributed by atoms with Crippen molar-refractivity contribution >= 4 is 17.0 Å². The molecule has 140 valence electrons. The van der Waals surface area contributed by atoms with Crippen molar-refractivity contribution in [1.82, 2.24) is 14.8 Å². The molecule has 0 aliphatic carbocycles. The van der Waals surface area contributed by atoms with Gasteiger partial charge in [-0.1, -0.05) is 30.3 Å². The van der Waals surface area contributed by atoms with Crippen molar-refractivity contribution in [2.75, 3.05) is 13.2 Å². The zero-order valence-electron chi connectivity index (χ0n) is 15.6. The quantitative estimate of drug-likeness (QED) is 0.660. The van der Waals surface area contributed by atoms with Crippen molar-refractivity contribution in [2.45, 2.75) is 32.3 Å². The first-order valence-corrected chi connectivity index (χ1v) is 9.32. The van der Waals surface area contributed by atoms with Gasteiger partial charge in [-0.3, -0.25) is 4.68 Å². The lowest BCUT2D eigenvalue weighted by Gasteiger charge is -2.22. The van der Waals surface area contributed by atoms with E-state index in [0.29, 0.717) is 11.2 Å². The van der Waals surface area contributed by atoms with Gasteiger partial charge >= 0.3 is 5.97 Å². The molecule has 1 aliphatic heterocycles. The highest BCUT2D eigenvalue weighted by molar-refractivity contribution is 6.05. The van der Waals surface area contributed by atoms with Gasteiger partial charge in [0.25, 0.3) is 0 Å². The van der Waals surface area contributed by atoms with E-state index in [1.165, 1.54) is 0 Å². The van der Waals surface area contributed by atoms with Gasteiger partial charge in [-0.15, -0.1) is 0 Å². The number of pyridine rings is 1. The van der Waals surface area contributed by atoms with Gasteiger partial charge in [-0.25, -0.2) is 9.78 Å². The summed E-state index contributed by atoms with van der Waals surface area (Å²) in [5.74, 6) is -0.357. The normalized spacial score (nSPS) is 17.2. The minimum absolute atomic E-state index is 0.0105. The third kappa shape index (κ3) is 3.57. The lowest BCUT2D eigenvalue weighted by Crippen LogP contribution is -2.26. The number of esters is 1. The molecule has 3 aromatic rings. The third-order valence-electron chi connectivity index (χ3n) is 4.93. The summed E-state index contributed by atoms with van der Waals surface area (Å²) in [5.41, 5.74) is 3.62. The predicted molar refractivity (Wildman–Crippen MR) is 103 cm³/mol. The number of aromatic nitrogens is 3. The van der Waals surface area contributed by atoms with Gasteiger partial charge in [0.2, 0.25) is 0 Å². The van der Waals surface area contributed by atoms with Crippen LogP contribution in [0.5, 0.6) is 0 Å². The Bertz CT molecular complexity index is 960. The monoisotopic (exact) mass is 365 g/mol. The molecule has 2 aromatic heterocycles. The van der Waals surface area contributed by atoms with Crippen LogP contribution in [0.1, 0.15) is 35.3 Å². The van der Waals surface area contributed by atoms with Crippen LogP contribution in [-0.2, 0) is 16.5 Å². The molecule has 1 aliphatic rings. The first-order chi connectivity index (χ1) is 13.1. The van der Waals surface area contributed by atoms with Crippen molar-refractivity contribution < 1.29 is 14.3 Å². The average molecular weight is 365 g/mol. The molecule has 1 aromatic carbocycles. The molecule has 3 heterocycles. The lowest BCUT2D eigenvalue weighted by molar-refractivity contribution is -0.0299. The first kappa shape index (κ1) is 17.7. The van der Waals surface area contributed by atoms with Gasteiger partial charge in [0, 0.05) is 19.2 Å². The van der Waals surface area contributed by atoms with Crippen LogP contribution in [0.15, 0.2) is 36.4 Å². The summed E-state index contributed by atoms with van der Waals surface area (Å²) in [6.45, 7) is 2.90. The fourth-order valence-corrected chi connectivity index (χ4v) is 3.55. The summed E-state index contributed by atoms with van der Waals surface area (Å²) in [5, 5.41) is 5.18. The molecule has 27 heavy (non-hydrogen) atoms. The molecule has 0 bridgehead atoms. The second-order valence-corrected chi connectivity index (χ2v) is 6.92. The number of benzene rings is 1. The number of carbonyl (C=O) groups excluding carboxylic acids is 1. The number of hydrogen-bond acceptors (Lipinski definition) is 5. The highest BCUT2D eigenvalue weighted by Crippen LogP contribution is 2.27. The Morgan fingerprint density at radius 2 is 2.11 bits per heavy atom. The molecular weight excluding hydrogens is 342 g/mol. The highest BCUT2D eigenvalue weighted by atomic mass is 16.6. The maximum atomic E-state index is 12.9. The van der Waals surface area contributed by atoms with E-state index in [9.17, 15) is 4.79 Å².